The first-order chi connectivity index (χ1) is 14.7. The first-order valence-corrected chi connectivity index (χ1v) is 14.6. The number of rotatable bonds is 8. The molecule has 7 N–H and O–H groups in total. The van der Waals surface area contributed by atoms with E-state index in [4.69, 9.17) is 5.84 Å². The highest BCUT2D eigenvalue weighted by Gasteiger charge is 2.45. The molecular formula is C16H26N4O9P2S. The van der Waals surface area contributed by atoms with Gasteiger partial charge in [0.25, 0.3) is 5.91 Å². The van der Waals surface area contributed by atoms with Crippen molar-refractivity contribution < 1.29 is 41.9 Å². The van der Waals surface area contributed by atoms with Crippen molar-refractivity contribution in [1.29, 1.82) is 0 Å². The number of hydrogen-bond acceptors (Lipinski definition) is 8. The number of benzene rings is 1. The van der Waals surface area contributed by atoms with Gasteiger partial charge in [0.2, 0.25) is 0 Å². The number of carbonyl (C=O) groups is 1. The Kier molecular flexibility index (Phi) is 8.41. The van der Waals surface area contributed by atoms with Crippen LogP contribution in [0.25, 0.3) is 0 Å². The Balaban J connectivity index is 2.51. The number of piperidine rings is 1. The fraction of sp³-hybridized carbons (Fsp3) is 0.500. The Bertz CT molecular complexity index is 1050. The van der Waals surface area contributed by atoms with Gasteiger partial charge in [-0.25, -0.2) is 8.42 Å². The maximum absolute atomic E-state index is 13.3. The molecule has 1 aliphatic heterocycles. The number of hydrogen-bond donors (Lipinski definition) is 6. The van der Waals surface area contributed by atoms with Crippen molar-refractivity contribution in [2.24, 2.45) is 10.9 Å². The highest BCUT2D eigenvalue weighted by Crippen LogP contribution is 2.60. The molecule has 1 aliphatic rings. The molecule has 2 atom stereocenters. The van der Waals surface area contributed by atoms with Gasteiger partial charge in [-0.2, -0.15) is 5.10 Å². The molecule has 0 aliphatic carbocycles. The molecule has 0 saturated carbocycles. The normalized spacial score (nSPS) is 20.6. The number of nitrogens with zero attached hydrogens (tertiary/aromatic N) is 2. The predicted molar refractivity (Wildman–Crippen MR) is 117 cm³/mol. The number of hydrazone groups is 1. The van der Waals surface area contributed by atoms with Crippen LogP contribution in [0.5, 0.6) is 0 Å². The largest absolute Gasteiger partial charge is 0.342 e. The molecule has 1 aromatic rings. The second-order valence-corrected chi connectivity index (χ2v) is 13.7. The molecule has 32 heavy (non-hydrogen) atoms. The van der Waals surface area contributed by atoms with Crippen LogP contribution < -0.4 is 11.2 Å². The summed E-state index contributed by atoms with van der Waals surface area (Å²) in [6, 6.07) is 6.08. The molecule has 0 spiro atoms. The highest BCUT2D eigenvalue weighted by molar-refractivity contribution is 7.91. The zero-order valence-corrected chi connectivity index (χ0v) is 19.7. The maximum atomic E-state index is 13.3. The van der Waals surface area contributed by atoms with E-state index in [-0.39, 0.29) is 12.1 Å². The summed E-state index contributed by atoms with van der Waals surface area (Å²) in [5.74, 6) is 3.65. The molecule has 1 fully saturated rings. The van der Waals surface area contributed by atoms with Crippen LogP contribution in [0.15, 0.2) is 29.4 Å². The molecule has 1 aromatic carbocycles. The zero-order chi connectivity index (χ0) is 24.3. The minimum Gasteiger partial charge on any atom is -0.324 e. The van der Waals surface area contributed by atoms with Crippen LogP contribution in [-0.4, -0.2) is 81.7 Å². The van der Waals surface area contributed by atoms with E-state index < -0.39 is 54.0 Å². The van der Waals surface area contributed by atoms with E-state index in [1.54, 1.807) is 12.1 Å². The molecule has 16 heteroatoms. The lowest BCUT2D eigenvalue weighted by Crippen LogP contribution is -2.44. The molecule has 2 rings (SSSR count). The Morgan fingerprint density at radius 2 is 1.88 bits per heavy atom. The monoisotopic (exact) mass is 512 g/mol. The van der Waals surface area contributed by atoms with Gasteiger partial charge in [0, 0.05) is 24.3 Å². The van der Waals surface area contributed by atoms with E-state index >= 15 is 0 Å². The lowest BCUT2D eigenvalue weighted by Gasteiger charge is -2.33. The van der Waals surface area contributed by atoms with Crippen molar-refractivity contribution in [3.8, 4) is 0 Å². The minimum atomic E-state index is -5.32. The fourth-order valence-corrected chi connectivity index (χ4v) is 7.30. The van der Waals surface area contributed by atoms with Gasteiger partial charge in [-0.1, -0.05) is 18.2 Å². The van der Waals surface area contributed by atoms with Crippen LogP contribution in [0.1, 0.15) is 28.3 Å². The van der Waals surface area contributed by atoms with Gasteiger partial charge in [-0.3, -0.25) is 18.8 Å². The van der Waals surface area contributed by atoms with Crippen molar-refractivity contribution in [2.75, 3.05) is 25.9 Å². The van der Waals surface area contributed by atoms with E-state index in [0.717, 1.165) is 6.26 Å². The molecule has 1 amide bonds. The third kappa shape index (κ3) is 6.46. The third-order valence-electron chi connectivity index (χ3n) is 5.17. The van der Waals surface area contributed by atoms with Gasteiger partial charge in [0.15, 0.2) is 15.2 Å². The van der Waals surface area contributed by atoms with Crippen molar-refractivity contribution in [3.05, 3.63) is 35.4 Å². The summed E-state index contributed by atoms with van der Waals surface area (Å²) in [6.45, 7) is -0.381. The van der Waals surface area contributed by atoms with Gasteiger partial charge >= 0.3 is 15.2 Å². The third-order valence-corrected chi connectivity index (χ3v) is 10.5. The van der Waals surface area contributed by atoms with E-state index in [1.165, 1.54) is 12.1 Å². The van der Waals surface area contributed by atoms with Crippen molar-refractivity contribution in [3.63, 3.8) is 0 Å². The van der Waals surface area contributed by atoms with E-state index in [0.29, 0.717) is 29.8 Å². The summed E-state index contributed by atoms with van der Waals surface area (Å²) >= 11 is 0. The lowest BCUT2D eigenvalue weighted by molar-refractivity contribution is 0.0852. The van der Waals surface area contributed by atoms with Crippen LogP contribution in [-0.2, 0) is 19.0 Å². The van der Waals surface area contributed by atoms with Crippen LogP contribution in [0.4, 0.5) is 0 Å². The van der Waals surface area contributed by atoms with Crippen LogP contribution in [0.3, 0.4) is 0 Å². The highest BCUT2D eigenvalue weighted by atomic mass is 32.2. The second kappa shape index (κ2) is 10.1. The molecule has 13 nitrogen and oxygen atoms in total. The summed E-state index contributed by atoms with van der Waals surface area (Å²) in [5, 5.41) is 2.86. The summed E-state index contributed by atoms with van der Waals surface area (Å²) in [5.41, 5.74) is 0.386. The van der Waals surface area contributed by atoms with E-state index in [2.05, 4.69) is 10.4 Å². The minimum absolute atomic E-state index is 0.00289. The Labute approximate surface area is 184 Å². The molecule has 180 valence electrons. The quantitative estimate of drug-likeness (QED) is 0.0832. The predicted octanol–water partition coefficient (Wildman–Crippen LogP) is -0.798. The topological polar surface area (TPSA) is 220 Å². The number of nitrogens with two attached hydrogens (primary N) is 1. The first kappa shape index (κ1) is 26.6. The van der Waals surface area contributed by atoms with Crippen molar-refractivity contribution in [2.45, 2.75) is 23.0 Å². The Hall–Kier alpha value is -1.63. The lowest BCUT2D eigenvalue weighted by atomic mass is 9.86. The smallest absolute Gasteiger partial charge is 0.324 e. The Morgan fingerprint density at radius 1 is 1.28 bits per heavy atom. The van der Waals surface area contributed by atoms with Crippen molar-refractivity contribution >= 4 is 37.3 Å². The van der Waals surface area contributed by atoms with Crippen molar-refractivity contribution in [1.82, 2.24) is 10.2 Å². The summed E-state index contributed by atoms with van der Waals surface area (Å²) in [4.78, 5) is 51.4. The molecule has 1 heterocycles. The summed E-state index contributed by atoms with van der Waals surface area (Å²) in [6.07, 6.45) is 2.20. The number of nitrogens with one attached hydrogen (secondary N) is 1. The number of carbonyl (C=O) groups excluding carboxylic acids is 1. The van der Waals surface area contributed by atoms with Gasteiger partial charge in [-0.05, 0) is 24.6 Å². The zero-order valence-electron chi connectivity index (χ0n) is 17.1. The summed E-state index contributed by atoms with van der Waals surface area (Å²) < 4.78 is 47.9. The van der Waals surface area contributed by atoms with E-state index in [9.17, 15) is 41.9 Å². The molecule has 2 unspecified atom stereocenters. The Morgan fingerprint density at radius 3 is 2.41 bits per heavy atom. The molecule has 1 saturated heterocycles. The van der Waals surface area contributed by atoms with Gasteiger partial charge in [-0.15, -0.1) is 0 Å². The second-order valence-electron chi connectivity index (χ2n) is 7.44. The molecular weight excluding hydrogens is 486 g/mol. The first-order valence-electron chi connectivity index (χ1n) is 9.31. The van der Waals surface area contributed by atoms with Gasteiger partial charge in [0.1, 0.15) is 6.34 Å². The average molecular weight is 512 g/mol. The van der Waals surface area contributed by atoms with Crippen LogP contribution in [0.2, 0.25) is 0 Å². The van der Waals surface area contributed by atoms with Gasteiger partial charge < -0.3 is 30.7 Å². The molecule has 0 aromatic heterocycles. The molecule has 0 radical (unpaired) electrons. The van der Waals surface area contributed by atoms with E-state index in [1.807, 2.05) is 0 Å². The maximum Gasteiger partial charge on any atom is 0.342 e. The average Bonchev–Trinajstić information content (AvgIpc) is 2.68. The van der Waals surface area contributed by atoms with Crippen LogP contribution in [0, 0.1) is 0 Å². The SMILES string of the molecule is CS(=O)(=O)C1CNCCC1c1ccccc1C(=O)N(C=NN)CC(P(=O)(O)O)P(=O)(O)O. The van der Waals surface area contributed by atoms with Gasteiger partial charge in [0.05, 0.1) is 11.8 Å². The van der Waals surface area contributed by atoms with Crippen LogP contribution >= 0.6 is 15.2 Å². The number of sulfone groups is 1. The molecule has 0 bridgehead atoms. The fourth-order valence-electron chi connectivity index (χ4n) is 3.65. The summed E-state index contributed by atoms with van der Waals surface area (Å²) in [7, 11) is -14.1. The number of amides is 1. The standard InChI is InChI=1S/C16H26N4O9P2S/c1-32(28,29)14-8-18-7-6-12(14)11-4-2-3-5-13(11)16(21)20(10-19-17)9-15(30(22,23)24)31(25,26)27/h2-5,10,12,14-15,18H,6-9,17H2,1H3,(H2,22,23,24)(H2,25,26,27).